The van der Waals surface area contributed by atoms with Gasteiger partial charge in [0.05, 0.1) is 27.8 Å². The summed E-state index contributed by atoms with van der Waals surface area (Å²) in [6.07, 6.45) is 0. The normalized spacial score (nSPS) is 13.0. The van der Waals surface area contributed by atoms with Crippen molar-refractivity contribution in [3.63, 3.8) is 0 Å². The van der Waals surface area contributed by atoms with Gasteiger partial charge in [0.15, 0.2) is 0 Å². The minimum atomic E-state index is -0.246. The summed E-state index contributed by atoms with van der Waals surface area (Å²) in [5, 5.41) is 5.04. The van der Waals surface area contributed by atoms with Crippen LogP contribution in [0, 0.1) is 0 Å². The van der Waals surface area contributed by atoms with Gasteiger partial charge in [0, 0.05) is 55.3 Å². The third-order valence-corrected chi connectivity index (χ3v) is 12.9. The van der Waals surface area contributed by atoms with Crippen molar-refractivity contribution in [2.45, 2.75) is 19.3 Å². The van der Waals surface area contributed by atoms with Crippen LogP contribution in [0.3, 0.4) is 0 Å². The van der Waals surface area contributed by atoms with Crippen molar-refractivity contribution < 1.29 is 0 Å². The number of aromatic nitrogens is 2. The fraction of sp³-hybridized carbons (Fsp3) is 0.0526. The molecule has 9 aromatic carbocycles. The highest BCUT2D eigenvalue weighted by atomic mass is 15.1. The summed E-state index contributed by atoms with van der Waals surface area (Å²) in [5.74, 6) is 0. The van der Waals surface area contributed by atoms with E-state index in [9.17, 15) is 0 Å². The van der Waals surface area contributed by atoms with Gasteiger partial charge in [0.25, 0.3) is 0 Å². The molecule has 0 saturated heterocycles. The molecule has 0 saturated carbocycles. The average Bonchev–Trinajstić information content (AvgIpc) is 3.90. The summed E-state index contributed by atoms with van der Waals surface area (Å²) in [6.45, 7) is 4.79. The molecular formula is C57H41N3. The summed E-state index contributed by atoms with van der Waals surface area (Å²) in [5.41, 5.74) is 17.9. The second-order valence-corrected chi connectivity index (χ2v) is 16.6. The molecule has 3 heteroatoms. The number of hydrogen-bond donors (Lipinski definition) is 0. The molecule has 0 bridgehead atoms. The lowest BCUT2D eigenvalue weighted by atomic mass is 9.82. The van der Waals surface area contributed by atoms with Gasteiger partial charge in [-0.05, 0) is 101 Å². The van der Waals surface area contributed by atoms with Crippen LogP contribution in [-0.2, 0) is 5.41 Å². The molecule has 0 radical (unpaired) electrons. The molecule has 1 aliphatic carbocycles. The molecule has 0 N–H and O–H groups in total. The van der Waals surface area contributed by atoms with Crippen molar-refractivity contribution in [3.05, 3.63) is 223 Å². The van der Waals surface area contributed by atoms with Crippen molar-refractivity contribution >= 4 is 60.7 Å². The topological polar surface area (TPSA) is 13.1 Å². The zero-order valence-corrected chi connectivity index (χ0v) is 33.5. The number of benzene rings is 9. The van der Waals surface area contributed by atoms with Crippen LogP contribution < -0.4 is 4.90 Å². The number of hydrogen-bond acceptors (Lipinski definition) is 1. The van der Waals surface area contributed by atoms with Gasteiger partial charge in [-0.2, -0.15) is 0 Å². The second kappa shape index (κ2) is 13.2. The minimum Gasteiger partial charge on any atom is -0.310 e. The third-order valence-electron chi connectivity index (χ3n) is 12.9. The zero-order chi connectivity index (χ0) is 40.0. The maximum Gasteiger partial charge on any atom is 0.0561 e. The molecule has 0 fully saturated rings. The molecule has 0 unspecified atom stereocenters. The average molecular weight is 768 g/mol. The van der Waals surface area contributed by atoms with Crippen molar-refractivity contribution in [3.8, 4) is 33.6 Å². The Morgan fingerprint density at radius 3 is 1.50 bits per heavy atom. The van der Waals surface area contributed by atoms with Crippen LogP contribution in [0.4, 0.5) is 17.1 Å². The highest BCUT2D eigenvalue weighted by molar-refractivity contribution is 6.11. The van der Waals surface area contributed by atoms with Crippen LogP contribution in [0.25, 0.3) is 77.2 Å². The number of fused-ring (bicyclic) bond motifs is 9. The van der Waals surface area contributed by atoms with Gasteiger partial charge in [-0.25, -0.2) is 0 Å². The Labute approximate surface area is 349 Å². The van der Waals surface area contributed by atoms with Crippen molar-refractivity contribution in [2.24, 2.45) is 0 Å². The third kappa shape index (κ3) is 5.09. The number of para-hydroxylation sites is 5. The van der Waals surface area contributed by atoms with Crippen LogP contribution in [0.1, 0.15) is 25.0 Å². The summed E-state index contributed by atoms with van der Waals surface area (Å²) >= 11 is 0. The number of nitrogens with zero attached hydrogens (tertiary/aromatic N) is 3. The maximum atomic E-state index is 2.47. The van der Waals surface area contributed by atoms with Crippen LogP contribution in [0.2, 0.25) is 0 Å². The smallest absolute Gasteiger partial charge is 0.0561 e. The van der Waals surface area contributed by atoms with Crippen molar-refractivity contribution in [2.75, 3.05) is 4.90 Å². The van der Waals surface area contributed by atoms with E-state index in [1.807, 2.05) is 0 Å². The van der Waals surface area contributed by atoms with E-state index in [1.54, 1.807) is 0 Å². The Morgan fingerprint density at radius 2 is 0.833 bits per heavy atom. The molecule has 3 nitrogen and oxygen atoms in total. The van der Waals surface area contributed by atoms with Gasteiger partial charge in [0.1, 0.15) is 0 Å². The first-order chi connectivity index (χ1) is 29.5. The Kier molecular flexibility index (Phi) is 7.58. The van der Waals surface area contributed by atoms with Crippen molar-refractivity contribution in [1.29, 1.82) is 0 Å². The first-order valence-electron chi connectivity index (χ1n) is 20.9. The Hall–Kier alpha value is -7.62. The largest absolute Gasteiger partial charge is 0.310 e. The van der Waals surface area contributed by atoms with Crippen LogP contribution >= 0.6 is 0 Å². The summed E-state index contributed by atoms with van der Waals surface area (Å²) in [6, 6.07) is 77.9. The summed E-state index contributed by atoms with van der Waals surface area (Å²) < 4.78 is 4.84. The highest BCUT2D eigenvalue weighted by Crippen LogP contribution is 2.52. The van der Waals surface area contributed by atoms with Crippen molar-refractivity contribution in [1.82, 2.24) is 9.13 Å². The predicted molar refractivity (Wildman–Crippen MR) is 253 cm³/mol. The second-order valence-electron chi connectivity index (χ2n) is 16.6. The first-order valence-corrected chi connectivity index (χ1v) is 20.9. The van der Waals surface area contributed by atoms with E-state index in [0.717, 1.165) is 22.7 Å². The molecule has 0 atom stereocenters. The maximum absolute atomic E-state index is 2.47. The van der Waals surface area contributed by atoms with E-state index in [1.165, 1.54) is 82.7 Å². The van der Waals surface area contributed by atoms with E-state index >= 15 is 0 Å². The van der Waals surface area contributed by atoms with Gasteiger partial charge >= 0.3 is 0 Å². The molecular weight excluding hydrogens is 727 g/mol. The summed E-state index contributed by atoms with van der Waals surface area (Å²) in [7, 11) is 0. The molecule has 2 heterocycles. The lowest BCUT2D eigenvalue weighted by Gasteiger charge is -2.30. The molecule has 60 heavy (non-hydrogen) atoms. The monoisotopic (exact) mass is 767 g/mol. The number of rotatable bonds is 6. The molecule has 284 valence electrons. The zero-order valence-electron chi connectivity index (χ0n) is 33.5. The number of anilines is 3. The molecule has 12 rings (SSSR count). The fourth-order valence-corrected chi connectivity index (χ4v) is 10.1. The predicted octanol–water partition coefficient (Wildman–Crippen LogP) is 15.3. The fourth-order valence-electron chi connectivity index (χ4n) is 10.1. The lowest BCUT2D eigenvalue weighted by molar-refractivity contribution is 0.660. The lowest BCUT2D eigenvalue weighted by Crippen LogP contribution is -2.17. The SMILES string of the molecule is CC1(C)c2cc(N(c3ccc4c5ccccc5n(-c5ccccc5)c4c3)c3ccccc3-c3ccccc3)ccc2-c2ccc(-n3c4ccccc4c4ccccc43)cc21. The highest BCUT2D eigenvalue weighted by Gasteiger charge is 2.37. The van der Waals surface area contributed by atoms with Gasteiger partial charge in [0.2, 0.25) is 0 Å². The van der Waals surface area contributed by atoms with Crippen LogP contribution in [-0.4, -0.2) is 9.13 Å². The Morgan fingerprint density at radius 1 is 0.350 bits per heavy atom. The summed E-state index contributed by atoms with van der Waals surface area (Å²) in [4.78, 5) is 2.47. The quantitative estimate of drug-likeness (QED) is 0.164. The van der Waals surface area contributed by atoms with Gasteiger partial charge < -0.3 is 14.0 Å². The first kappa shape index (κ1) is 34.4. The van der Waals surface area contributed by atoms with E-state index in [4.69, 9.17) is 0 Å². The van der Waals surface area contributed by atoms with Crippen LogP contribution in [0.5, 0.6) is 0 Å². The standard InChI is InChI=1S/C57H41N3/c1-57(2)50-35-40(29-32-44(50)45-33-30-41(36-51(45)57)60-54-27-15-10-22-46(54)47-23-11-16-28-55(47)60)58(52-25-13-9-21-43(52)38-17-5-3-6-18-38)42-31-34-49-48-24-12-14-26-53(48)59(56(49)37-42)39-19-7-4-8-20-39/h3-37H,1-2H3. The van der Waals surface area contributed by atoms with Gasteiger partial charge in [-0.1, -0.05) is 153 Å². The Bertz CT molecular complexity index is 3410. The van der Waals surface area contributed by atoms with Crippen LogP contribution in [0.15, 0.2) is 212 Å². The Balaban J connectivity index is 1.06. The van der Waals surface area contributed by atoms with Gasteiger partial charge in [-0.15, -0.1) is 0 Å². The molecule has 0 amide bonds. The molecule has 0 spiro atoms. The van der Waals surface area contributed by atoms with E-state index in [2.05, 4.69) is 240 Å². The molecule has 1 aliphatic rings. The van der Waals surface area contributed by atoms with E-state index in [0.29, 0.717) is 0 Å². The van der Waals surface area contributed by atoms with Gasteiger partial charge in [-0.3, -0.25) is 0 Å². The molecule has 2 aromatic heterocycles. The van der Waals surface area contributed by atoms with E-state index < -0.39 is 0 Å². The molecule has 0 aliphatic heterocycles. The van der Waals surface area contributed by atoms with E-state index in [-0.39, 0.29) is 5.41 Å². The molecule has 11 aromatic rings. The minimum absolute atomic E-state index is 0.246.